The molecule has 0 fully saturated rings. The fourth-order valence-corrected chi connectivity index (χ4v) is 2.48. The van der Waals surface area contributed by atoms with Crippen molar-refractivity contribution in [2.75, 3.05) is 12.3 Å². The molecule has 1 aromatic heterocycles. The topological polar surface area (TPSA) is 93.2 Å². The van der Waals surface area contributed by atoms with Crippen molar-refractivity contribution in [3.05, 3.63) is 47.5 Å². The molecular weight excluding hydrogens is 373 g/mol. The molecule has 6 nitrogen and oxygen atoms in total. The molecule has 2 rings (SSSR count). The molecule has 1 atom stereocenters. The number of halogens is 4. The van der Waals surface area contributed by atoms with Crippen molar-refractivity contribution in [2.45, 2.75) is 25.1 Å². The number of aromatic nitrogens is 2. The summed E-state index contributed by atoms with van der Waals surface area (Å²) >= 11 is 0. The molecule has 144 valence electrons. The van der Waals surface area contributed by atoms with Crippen molar-refractivity contribution in [1.82, 2.24) is 14.9 Å². The van der Waals surface area contributed by atoms with E-state index in [0.717, 1.165) is 4.57 Å². The number of amides is 1. The van der Waals surface area contributed by atoms with Gasteiger partial charge < -0.3 is 20.7 Å². The highest BCUT2D eigenvalue weighted by Gasteiger charge is 2.57. The molecule has 0 bridgehead atoms. The van der Waals surface area contributed by atoms with Crippen LogP contribution in [0.2, 0.25) is 0 Å². The van der Waals surface area contributed by atoms with Gasteiger partial charge in [-0.25, -0.2) is 4.98 Å². The number of hydrogen-bond acceptors (Lipinski definition) is 4. The maximum atomic E-state index is 13.4. The summed E-state index contributed by atoms with van der Waals surface area (Å²) in [4.78, 5) is 15.8. The molecule has 0 saturated heterocycles. The first-order valence-corrected chi connectivity index (χ1v) is 7.47. The Bertz CT molecular complexity index is 779. The number of benzene rings is 1. The van der Waals surface area contributed by atoms with Gasteiger partial charge in [-0.2, -0.15) is 13.2 Å². The lowest BCUT2D eigenvalue weighted by Gasteiger charge is -2.30. The van der Waals surface area contributed by atoms with Crippen molar-refractivity contribution in [3.63, 3.8) is 0 Å². The molecule has 1 unspecified atom stereocenters. The van der Waals surface area contributed by atoms with Gasteiger partial charge in [0.05, 0.1) is 0 Å². The van der Waals surface area contributed by atoms with Crippen molar-refractivity contribution >= 4 is 24.0 Å². The summed E-state index contributed by atoms with van der Waals surface area (Å²) in [5.41, 5.74) is 3.74. The molecule has 10 heteroatoms. The lowest BCUT2D eigenvalue weighted by Crippen LogP contribution is -2.46. The lowest BCUT2D eigenvalue weighted by molar-refractivity contribution is -0.272. The molecule has 4 N–H and O–H groups in total. The van der Waals surface area contributed by atoms with Crippen LogP contribution in [0.15, 0.2) is 30.6 Å². The molecule has 0 spiro atoms. The predicted octanol–water partition coefficient (Wildman–Crippen LogP) is 2.30. The minimum Gasteiger partial charge on any atom is -0.399 e. The summed E-state index contributed by atoms with van der Waals surface area (Å²) < 4.78 is 41.2. The zero-order chi connectivity index (χ0) is 18.8. The number of hydrogen-bond donors (Lipinski definition) is 3. The van der Waals surface area contributed by atoms with E-state index in [0.29, 0.717) is 11.3 Å². The highest BCUT2D eigenvalue weighted by atomic mass is 35.5. The first-order chi connectivity index (χ1) is 11.6. The van der Waals surface area contributed by atoms with E-state index in [2.05, 4.69) is 10.3 Å². The highest BCUT2D eigenvalue weighted by molar-refractivity contribution is 5.96. The Kier molecular flexibility index (Phi) is 6.67. The number of alkyl halides is 3. The lowest BCUT2D eigenvalue weighted by atomic mass is 9.97. The number of anilines is 1. The summed E-state index contributed by atoms with van der Waals surface area (Å²) in [6.07, 6.45) is -3.24. The van der Waals surface area contributed by atoms with Crippen LogP contribution in [0, 0.1) is 6.92 Å². The van der Waals surface area contributed by atoms with Crippen LogP contribution in [0.4, 0.5) is 18.9 Å². The van der Waals surface area contributed by atoms with Gasteiger partial charge >= 0.3 is 6.18 Å². The molecule has 1 aromatic carbocycles. The second kappa shape index (κ2) is 7.96. The van der Waals surface area contributed by atoms with Crippen molar-refractivity contribution in [3.8, 4) is 0 Å². The molecule has 0 saturated carbocycles. The van der Waals surface area contributed by atoms with Gasteiger partial charge in [-0.1, -0.05) is 6.07 Å². The number of imidazole rings is 1. The molecule has 0 aliphatic carbocycles. The van der Waals surface area contributed by atoms with E-state index in [-0.39, 0.29) is 18.0 Å². The number of rotatable bonds is 5. The summed E-state index contributed by atoms with van der Waals surface area (Å²) in [6, 6.07) is 4.71. The van der Waals surface area contributed by atoms with Crippen LogP contribution in [0.3, 0.4) is 0 Å². The number of carbonyl (C=O) groups excluding carboxylic acids is 1. The Labute approximate surface area is 154 Å². The van der Waals surface area contributed by atoms with Crippen molar-refractivity contribution in [2.24, 2.45) is 7.05 Å². The predicted molar refractivity (Wildman–Crippen MR) is 92.9 cm³/mol. The van der Waals surface area contributed by atoms with Gasteiger partial charge in [-0.15, -0.1) is 12.4 Å². The normalized spacial score (nSPS) is 13.6. The SMILES string of the molecule is Cc1ccc(N)cc1C(=O)NCCC(O)(c1nccn1C)C(F)(F)F.Cl. The third-order valence-corrected chi connectivity index (χ3v) is 3.94. The number of nitrogens with one attached hydrogen (secondary N) is 1. The summed E-state index contributed by atoms with van der Waals surface area (Å²) in [5.74, 6) is -1.09. The van der Waals surface area contributed by atoms with Gasteiger partial charge in [-0.05, 0) is 24.6 Å². The van der Waals surface area contributed by atoms with Crippen molar-refractivity contribution < 1.29 is 23.1 Å². The van der Waals surface area contributed by atoms with E-state index >= 15 is 0 Å². The van der Waals surface area contributed by atoms with E-state index in [4.69, 9.17) is 5.73 Å². The molecule has 0 aliphatic rings. The molecule has 2 aromatic rings. The van der Waals surface area contributed by atoms with E-state index in [9.17, 15) is 23.1 Å². The van der Waals surface area contributed by atoms with E-state index < -0.39 is 36.5 Å². The average molecular weight is 393 g/mol. The maximum absolute atomic E-state index is 13.4. The second-order valence-electron chi connectivity index (χ2n) is 5.80. The number of aliphatic hydroxyl groups is 1. The average Bonchev–Trinajstić information content (AvgIpc) is 2.94. The van der Waals surface area contributed by atoms with E-state index in [1.807, 2.05) is 0 Å². The molecule has 26 heavy (non-hydrogen) atoms. The Morgan fingerprint density at radius 3 is 2.58 bits per heavy atom. The second-order valence-corrected chi connectivity index (χ2v) is 5.80. The third-order valence-electron chi connectivity index (χ3n) is 3.94. The zero-order valence-corrected chi connectivity index (χ0v) is 15.0. The van der Waals surface area contributed by atoms with Crippen LogP contribution >= 0.6 is 12.4 Å². The summed E-state index contributed by atoms with van der Waals surface area (Å²) in [7, 11) is 1.35. The first kappa shape index (κ1) is 21.8. The van der Waals surface area contributed by atoms with Gasteiger partial charge in [0.2, 0.25) is 5.60 Å². The summed E-state index contributed by atoms with van der Waals surface area (Å²) in [5, 5.41) is 12.6. The monoisotopic (exact) mass is 392 g/mol. The Morgan fingerprint density at radius 2 is 2.04 bits per heavy atom. The van der Waals surface area contributed by atoms with E-state index in [1.165, 1.54) is 25.5 Å². The van der Waals surface area contributed by atoms with Gasteiger partial charge in [0, 0.05) is 43.7 Å². The quantitative estimate of drug-likeness (QED) is 0.681. The van der Waals surface area contributed by atoms with Gasteiger partial charge in [0.1, 0.15) is 5.82 Å². The van der Waals surface area contributed by atoms with Crippen LogP contribution in [0.5, 0.6) is 0 Å². The molecule has 0 aliphatic heterocycles. The standard InChI is InChI=1S/C16H19F3N4O2.ClH/c1-10-3-4-11(20)9-12(10)13(24)21-6-5-15(25,16(17,18)19)14-22-7-8-23(14)2;/h3-4,7-9,25H,5-6,20H2,1-2H3,(H,21,24);1H. The minimum absolute atomic E-state index is 0. The smallest absolute Gasteiger partial charge is 0.399 e. The van der Waals surface area contributed by atoms with Crippen molar-refractivity contribution in [1.29, 1.82) is 0 Å². The number of nitrogens with two attached hydrogens (primary N) is 1. The van der Waals surface area contributed by atoms with Crippen LogP contribution < -0.4 is 11.1 Å². The van der Waals surface area contributed by atoms with Gasteiger partial charge in [0.15, 0.2) is 0 Å². The zero-order valence-electron chi connectivity index (χ0n) is 14.2. The fraction of sp³-hybridized carbons (Fsp3) is 0.375. The minimum atomic E-state index is -4.94. The van der Waals surface area contributed by atoms with Crippen LogP contribution in [-0.4, -0.2) is 33.3 Å². The third kappa shape index (κ3) is 4.28. The molecule has 0 radical (unpaired) electrons. The number of carbonyl (C=O) groups is 1. The Balaban J connectivity index is 0.00000338. The largest absolute Gasteiger partial charge is 0.424 e. The number of nitrogen functional groups attached to an aromatic ring is 1. The Hall–Kier alpha value is -2.26. The van der Waals surface area contributed by atoms with Crippen LogP contribution in [0.25, 0.3) is 0 Å². The first-order valence-electron chi connectivity index (χ1n) is 7.47. The van der Waals surface area contributed by atoms with E-state index in [1.54, 1.807) is 19.1 Å². The van der Waals surface area contributed by atoms with Gasteiger partial charge in [-0.3, -0.25) is 4.79 Å². The Morgan fingerprint density at radius 1 is 1.38 bits per heavy atom. The summed E-state index contributed by atoms with van der Waals surface area (Å²) in [6.45, 7) is 1.30. The molecule has 1 heterocycles. The van der Waals surface area contributed by atoms with Crippen LogP contribution in [0.1, 0.15) is 28.2 Å². The van der Waals surface area contributed by atoms with Crippen LogP contribution in [-0.2, 0) is 12.6 Å². The molecular formula is C16H20ClF3N4O2. The fourth-order valence-electron chi connectivity index (χ4n) is 2.48. The highest BCUT2D eigenvalue weighted by Crippen LogP contribution is 2.40. The number of aryl methyl sites for hydroxylation is 2. The van der Waals surface area contributed by atoms with Gasteiger partial charge in [0.25, 0.3) is 5.91 Å². The molecule has 1 amide bonds. The number of nitrogens with zero attached hydrogens (tertiary/aromatic N) is 2. The maximum Gasteiger partial charge on any atom is 0.424 e.